The summed E-state index contributed by atoms with van der Waals surface area (Å²) in [6.07, 6.45) is 1.07. The average molecular weight is 277 g/mol. The molecule has 0 bridgehead atoms. The van der Waals surface area contributed by atoms with Crippen molar-refractivity contribution in [3.63, 3.8) is 0 Å². The molecule has 0 radical (unpaired) electrons. The maximum Gasteiger partial charge on any atom is 0.191 e. The Kier molecular flexibility index (Phi) is 6.91. The molecular formula is C16H27N3O. The number of ether oxygens (including phenoxy) is 1. The predicted molar refractivity (Wildman–Crippen MR) is 85.7 cm³/mol. The van der Waals surface area contributed by atoms with Crippen LogP contribution in [0.4, 0.5) is 0 Å². The molecule has 0 aliphatic rings. The van der Waals surface area contributed by atoms with Gasteiger partial charge in [-0.25, -0.2) is 0 Å². The van der Waals surface area contributed by atoms with E-state index in [-0.39, 0.29) is 0 Å². The maximum absolute atomic E-state index is 5.85. The second-order valence-corrected chi connectivity index (χ2v) is 5.02. The Morgan fingerprint density at radius 1 is 1.30 bits per heavy atom. The lowest BCUT2D eigenvalue weighted by Gasteiger charge is -2.17. The number of nitrogens with one attached hydrogen (secondary N) is 2. The lowest BCUT2D eigenvalue weighted by atomic mass is 10.1. The molecule has 0 aliphatic heterocycles. The summed E-state index contributed by atoms with van der Waals surface area (Å²) < 4.78 is 5.85. The number of aliphatic imine (C=N–C) groups is 1. The molecule has 1 atom stereocenters. The summed E-state index contributed by atoms with van der Waals surface area (Å²) in [5.41, 5.74) is 2.35. The Hall–Kier alpha value is -1.71. The summed E-state index contributed by atoms with van der Waals surface area (Å²) in [5.74, 6) is 1.81. The van der Waals surface area contributed by atoms with E-state index in [1.165, 1.54) is 11.1 Å². The third kappa shape index (κ3) is 5.11. The zero-order valence-corrected chi connectivity index (χ0v) is 13.3. The Balaban J connectivity index is 2.38. The van der Waals surface area contributed by atoms with Crippen LogP contribution >= 0.6 is 0 Å². The van der Waals surface area contributed by atoms with Gasteiger partial charge >= 0.3 is 0 Å². The van der Waals surface area contributed by atoms with Crippen LogP contribution in [0.5, 0.6) is 5.75 Å². The van der Waals surface area contributed by atoms with Crippen molar-refractivity contribution in [2.24, 2.45) is 4.99 Å². The number of aryl methyl sites for hydroxylation is 2. The van der Waals surface area contributed by atoms with Gasteiger partial charge in [-0.15, -0.1) is 0 Å². The summed E-state index contributed by atoms with van der Waals surface area (Å²) in [6, 6.07) is 6.60. The Bertz CT molecular complexity index is 423. The molecule has 2 N–H and O–H groups in total. The van der Waals surface area contributed by atoms with Gasteiger partial charge in [0.25, 0.3) is 0 Å². The highest BCUT2D eigenvalue weighted by atomic mass is 16.5. The third-order valence-corrected chi connectivity index (χ3v) is 3.27. The summed E-state index contributed by atoms with van der Waals surface area (Å²) in [7, 11) is 1.78. The van der Waals surface area contributed by atoms with Crippen molar-refractivity contribution in [1.29, 1.82) is 0 Å². The van der Waals surface area contributed by atoms with Crippen molar-refractivity contribution in [3.8, 4) is 5.75 Å². The van der Waals surface area contributed by atoms with Gasteiger partial charge in [-0.05, 0) is 38.3 Å². The van der Waals surface area contributed by atoms with E-state index in [2.05, 4.69) is 55.5 Å². The van der Waals surface area contributed by atoms with Gasteiger partial charge in [0.1, 0.15) is 12.4 Å². The van der Waals surface area contributed by atoms with Crippen LogP contribution in [-0.4, -0.2) is 32.2 Å². The van der Waals surface area contributed by atoms with Gasteiger partial charge in [-0.1, -0.05) is 25.1 Å². The second kappa shape index (κ2) is 8.46. The minimum Gasteiger partial charge on any atom is -0.491 e. The molecule has 0 saturated heterocycles. The van der Waals surface area contributed by atoms with Crippen LogP contribution in [0.15, 0.2) is 23.2 Å². The first-order valence-electron chi connectivity index (χ1n) is 7.24. The Labute approximate surface area is 122 Å². The number of benzene rings is 1. The van der Waals surface area contributed by atoms with E-state index >= 15 is 0 Å². The first-order valence-corrected chi connectivity index (χ1v) is 7.24. The monoisotopic (exact) mass is 277 g/mol. The van der Waals surface area contributed by atoms with E-state index in [0.717, 1.165) is 24.7 Å². The normalized spacial score (nSPS) is 12.9. The molecule has 0 aliphatic carbocycles. The van der Waals surface area contributed by atoms with Gasteiger partial charge in [0.15, 0.2) is 5.96 Å². The molecule has 0 amide bonds. The number of guanidine groups is 1. The highest BCUT2D eigenvalue weighted by Crippen LogP contribution is 2.21. The molecule has 20 heavy (non-hydrogen) atoms. The number of nitrogens with zero attached hydrogens (tertiary/aromatic N) is 1. The highest BCUT2D eigenvalue weighted by molar-refractivity contribution is 5.79. The van der Waals surface area contributed by atoms with Crippen LogP contribution in [0.2, 0.25) is 0 Å². The molecule has 0 heterocycles. The molecule has 1 aromatic carbocycles. The Morgan fingerprint density at radius 2 is 1.95 bits per heavy atom. The maximum atomic E-state index is 5.85. The van der Waals surface area contributed by atoms with Gasteiger partial charge in [0.05, 0.1) is 6.54 Å². The lowest BCUT2D eigenvalue weighted by Crippen LogP contribution is -2.43. The predicted octanol–water partition coefficient (Wildman–Crippen LogP) is 2.65. The molecule has 0 saturated carbocycles. The summed E-state index contributed by atoms with van der Waals surface area (Å²) >= 11 is 0. The van der Waals surface area contributed by atoms with Crippen molar-refractivity contribution in [1.82, 2.24) is 10.6 Å². The van der Waals surface area contributed by atoms with Crippen molar-refractivity contribution >= 4 is 5.96 Å². The molecule has 112 valence electrons. The zero-order chi connectivity index (χ0) is 15.0. The summed E-state index contributed by atoms with van der Waals surface area (Å²) in [6.45, 7) is 9.77. The van der Waals surface area contributed by atoms with Gasteiger partial charge in [0.2, 0.25) is 0 Å². The molecule has 4 heteroatoms. The van der Waals surface area contributed by atoms with Gasteiger partial charge in [0, 0.05) is 13.1 Å². The lowest BCUT2D eigenvalue weighted by molar-refractivity contribution is 0.317. The van der Waals surface area contributed by atoms with E-state index in [0.29, 0.717) is 12.6 Å². The van der Waals surface area contributed by atoms with Crippen LogP contribution in [0, 0.1) is 13.8 Å². The first-order chi connectivity index (χ1) is 9.58. The second-order valence-electron chi connectivity index (χ2n) is 5.02. The van der Waals surface area contributed by atoms with E-state index in [1.54, 1.807) is 7.05 Å². The van der Waals surface area contributed by atoms with Crippen molar-refractivity contribution < 1.29 is 4.74 Å². The van der Waals surface area contributed by atoms with Gasteiger partial charge in [-0.2, -0.15) is 0 Å². The van der Waals surface area contributed by atoms with Crippen molar-refractivity contribution in [2.45, 2.75) is 40.2 Å². The number of hydrogen-bond donors (Lipinski definition) is 2. The SMILES string of the molecule is CCC(C)NC(=NC)NCCOc1c(C)cccc1C. The highest BCUT2D eigenvalue weighted by Gasteiger charge is 2.04. The van der Waals surface area contributed by atoms with Crippen LogP contribution < -0.4 is 15.4 Å². The fourth-order valence-electron chi connectivity index (χ4n) is 1.88. The number of hydrogen-bond acceptors (Lipinski definition) is 2. The molecule has 0 spiro atoms. The van der Waals surface area contributed by atoms with E-state index in [1.807, 2.05) is 6.07 Å². The minimum atomic E-state index is 0.417. The largest absolute Gasteiger partial charge is 0.491 e. The zero-order valence-electron chi connectivity index (χ0n) is 13.3. The van der Waals surface area contributed by atoms with E-state index < -0.39 is 0 Å². The van der Waals surface area contributed by atoms with Crippen LogP contribution in [0.1, 0.15) is 31.4 Å². The van der Waals surface area contributed by atoms with Crippen molar-refractivity contribution in [2.75, 3.05) is 20.2 Å². The number of para-hydroxylation sites is 1. The van der Waals surface area contributed by atoms with Crippen LogP contribution in [0.3, 0.4) is 0 Å². The summed E-state index contributed by atoms with van der Waals surface area (Å²) in [4.78, 5) is 4.19. The topological polar surface area (TPSA) is 45.7 Å². The van der Waals surface area contributed by atoms with E-state index in [4.69, 9.17) is 4.74 Å². The third-order valence-electron chi connectivity index (χ3n) is 3.27. The molecule has 0 fully saturated rings. The Morgan fingerprint density at radius 3 is 2.50 bits per heavy atom. The van der Waals surface area contributed by atoms with E-state index in [9.17, 15) is 0 Å². The van der Waals surface area contributed by atoms with Gasteiger partial charge < -0.3 is 15.4 Å². The molecule has 1 aromatic rings. The standard InChI is InChI=1S/C16H27N3O/c1-6-14(4)19-16(17-5)18-10-11-20-15-12(2)8-7-9-13(15)3/h7-9,14H,6,10-11H2,1-5H3,(H2,17,18,19). The molecular weight excluding hydrogens is 250 g/mol. The minimum absolute atomic E-state index is 0.417. The fourth-order valence-corrected chi connectivity index (χ4v) is 1.88. The smallest absolute Gasteiger partial charge is 0.191 e. The van der Waals surface area contributed by atoms with Gasteiger partial charge in [-0.3, -0.25) is 4.99 Å². The molecule has 4 nitrogen and oxygen atoms in total. The number of rotatable bonds is 6. The van der Waals surface area contributed by atoms with Crippen molar-refractivity contribution in [3.05, 3.63) is 29.3 Å². The van der Waals surface area contributed by atoms with Crippen LogP contribution in [-0.2, 0) is 0 Å². The van der Waals surface area contributed by atoms with Crippen LogP contribution in [0.25, 0.3) is 0 Å². The first kappa shape index (κ1) is 16.3. The molecule has 1 unspecified atom stereocenters. The summed E-state index contributed by atoms with van der Waals surface area (Å²) in [5, 5.41) is 6.58. The average Bonchev–Trinajstić information content (AvgIpc) is 2.44. The molecule has 1 rings (SSSR count). The fraction of sp³-hybridized carbons (Fsp3) is 0.562. The molecule has 0 aromatic heterocycles. The quantitative estimate of drug-likeness (QED) is 0.477.